The van der Waals surface area contributed by atoms with E-state index >= 15 is 0 Å². The molecule has 0 aromatic carbocycles. The Labute approximate surface area is 79.3 Å². The van der Waals surface area contributed by atoms with Crippen molar-refractivity contribution in [1.82, 2.24) is 9.88 Å². The molecule has 0 bridgehead atoms. The fourth-order valence-electron chi connectivity index (χ4n) is 1.87. The van der Waals surface area contributed by atoms with Crippen molar-refractivity contribution < 1.29 is 0 Å². The molecule has 1 aromatic rings. The lowest BCUT2D eigenvalue weighted by Gasteiger charge is -2.19. The highest BCUT2D eigenvalue weighted by molar-refractivity contribution is 5.65. The van der Waals surface area contributed by atoms with Gasteiger partial charge >= 0.3 is 0 Å². The van der Waals surface area contributed by atoms with E-state index in [1.165, 1.54) is 11.3 Å². The van der Waals surface area contributed by atoms with Gasteiger partial charge in [-0.05, 0) is 23.6 Å². The second kappa shape index (κ2) is 3.38. The van der Waals surface area contributed by atoms with E-state index in [4.69, 9.17) is 0 Å². The summed E-state index contributed by atoms with van der Waals surface area (Å²) in [6.07, 6.45) is 4.46. The summed E-state index contributed by atoms with van der Waals surface area (Å²) >= 11 is 0. The minimum absolute atomic E-state index is 0.652. The first-order valence-corrected chi connectivity index (χ1v) is 4.80. The Morgan fingerprint density at radius 3 is 3.00 bits per heavy atom. The minimum atomic E-state index is 0.652. The molecule has 0 unspecified atom stereocenters. The first-order valence-electron chi connectivity index (χ1n) is 4.80. The van der Waals surface area contributed by atoms with Crippen LogP contribution in [0.5, 0.6) is 0 Å². The van der Waals surface area contributed by atoms with Crippen LogP contribution in [0.4, 0.5) is 0 Å². The smallest absolute Gasteiger partial charge is 0.0446 e. The van der Waals surface area contributed by atoms with E-state index in [2.05, 4.69) is 48.3 Å². The van der Waals surface area contributed by atoms with Crippen LogP contribution < -0.4 is 5.32 Å². The molecular formula is C11H16N2. The third kappa shape index (κ3) is 1.68. The number of aromatic nitrogens is 1. The average Bonchev–Trinajstić information content (AvgIpc) is 2.51. The van der Waals surface area contributed by atoms with Gasteiger partial charge in [0.25, 0.3) is 0 Å². The molecule has 1 aromatic heterocycles. The van der Waals surface area contributed by atoms with E-state index in [9.17, 15) is 0 Å². The van der Waals surface area contributed by atoms with Gasteiger partial charge in [0.2, 0.25) is 0 Å². The molecule has 1 aliphatic rings. The van der Waals surface area contributed by atoms with Gasteiger partial charge in [0.1, 0.15) is 0 Å². The second-order valence-corrected chi connectivity index (χ2v) is 3.80. The van der Waals surface area contributed by atoms with Gasteiger partial charge < -0.3 is 9.88 Å². The lowest BCUT2D eigenvalue weighted by molar-refractivity contribution is 0.605. The fraction of sp³-hybridized carbons (Fsp3) is 0.455. The number of aryl methyl sites for hydroxylation is 1. The van der Waals surface area contributed by atoms with Crippen LogP contribution in [0, 0.1) is 5.92 Å². The molecule has 2 rings (SSSR count). The van der Waals surface area contributed by atoms with Crippen molar-refractivity contribution in [3.8, 4) is 0 Å². The number of hydrogen-bond acceptors (Lipinski definition) is 1. The fourth-order valence-corrected chi connectivity index (χ4v) is 1.87. The summed E-state index contributed by atoms with van der Waals surface area (Å²) in [5.41, 5.74) is 2.75. The van der Waals surface area contributed by atoms with Crippen LogP contribution in [0.2, 0.25) is 0 Å². The van der Waals surface area contributed by atoms with Gasteiger partial charge in [-0.2, -0.15) is 0 Å². The Hall–Kier alpha value is -1.02. The average molecular weight is 176 g/mol. The molecule has 70 valence electrons. The SMILES string of the molecule is C[C@@H]1C=C(c2cccn2C)CNC1. The number of nitrogens with zero attached hydrogens (tertiary/aromatic N) is 1. The molecule has 0 aliphatic carbocycles. The van der Waals surface area contributed by atoms with Crippen LogP contribution in [0.15, 0.2) is 24.4 Å². The lowest BCUT2D eigenvalue weighted by atomic mass is 10.0. The zero-order valence-electron chi connectivity index (χ0n) is 8.25. The third-order valence-electron chi connectivity index (χ3n) is 2.54. The second-order valence-electron chi connectivity index (χ2n) is 3.80. The van der Waals surface area contributed by atoms with Gasteiger partial charge in [-0.3, -0.25) is 0 Å². The largest absolute Gasteiger partial charge is 0.351 e. The van der Waals surface area contributed by atoms with Gasteiger partial charge in [0, 0.05) is 32.0 Å². The molecule has 0 radical (unpaired) electrons. The van der Waals surface area contributed by atoms with Crippen molar-refractivity contribution in [3.63, 3.8) is 0 Å². The van der Waals surface area contributed by atoms with E-state index in [0.29, 0.717) is 5.92 Å². The highest BCUT2D eigenvalue weighted by atomic mass is 14.9. The summed E-state index contributed by atoms with van der Waals surface area (Å²) in [5.74, 6) is 0.652. The van der Waals surface area contributed by atoms with Crippen LogP contribution >= 0.6 is 0 Å². The van der Waals surface area contributed by atoms with E-state index in [1.807, 2.05) is 0 Å². The van der Waals surface area contributed by atoms with Crippen LogP contribution in [0.1, 0.15) is 12.6 Å². The molecule has 2 heterocycles. The molecular weight excluding hydrogens is 160 g/mol. The molecule has 1 N–H and O–H groups in total. The monoisotopic (exact) mass is 176 g/mol. The predicted molar refractivity (Wildman–Crippen MR) is 55.4 cm³/mol. The normalized spacial score (nSPS) is 22.9. The van der Waals surface area contributed by atoms with Gasteiger partial charge in [-0.1, -0.05) is 13.0 Å². The van der Waals surface area contributed by atoms with E-state index in [-0.39, 0.29) is 0 Å². The highest BCUT2D eigenvalue weighted by Crippen LogP contribution is 2.18. The summed E-state index contributed by atoms with van der Waals surface area (Å²) < 4.78 is 2.17. The summed E-state index contributed by atoms with van der Waals surface area (Å²) in [5, 5.41) is 3.42. The van der Waals surface area contributed by atoms with Crippen LogP contribution in [0.25, 0.3) is 5.57 Å². The summed E-state index contributed by atoms with van der Waals surface area (Å²) in [6, 6.07) is 4.26. The molecule has 0 saturated heterocycles. The van der Waals surface area contributed by atoms with E-state index in [1.54, 1.807) is 0 Å². The van der Waals surface area contributed by atoms with Crippen molar-refractivity contribution in [3.05, 3.63) is 30.1 Å². The summed E-state index contributed by atoms with van der Waals surface area (Å²) in [4.78, 5) is 0. The topological polar surface area (TPSA) is 17.0 Å². The van der Waals surface area contributed by atoms with Gasteiger partial charge in [0.15, 0.2) is 0 Å². The van der Waals surface area contributed by atoms with Gasteiger partial charge in [-0.25, -0.2) is 0 Å². The zero-order chi connectivity index (χ0) is 9.26. The predicted octanol–water partition coefficient (Wildman–Crippen LogP) is 1.65. The Kier molecular flexibility index (Phi) is 2.23. The van der Waals surface area contributed by atoms with Gasteiger partial charge in [0.05, 0.1) is 0 Å². The Morgan fingerprint density at radius 1 is 1.54 bits per heavy atom. The maximum absolute atomic E-state index is 3.42. The van der Waals surface area contributed by atoms with Crippen LogP contribution in [-0.2, 0) is 7.05 Å². The molecule has 0 fully saturated rings. The van der Waals surface area contributed by atoms with E-state index in [0.717, 1.165) is 13.1 Å². The first-order chi connectivity index (χ1) is 6.27. The van der Waals surface area contributed by atoms with E-state index < -0.39 is 0 Å². The maximum atomic E-state index is 3.42. The van der Waals surface area contributed by atoms with Gasteiger partial charge in [-0.15, -0.1) is 0 Å². The molecule has 0 amide bonds. The molecule has 1 atom stereocenters. The maximum Gasteiger partial charge on any atom is 0.0446 e. The number of hydrogen-bond donors (Lipinski definition) is 1. The molecule has 2 heteroatoms. The van der Waals surface area contributed by atoms with Crippen molar-refractivity contribution in [2.24, 2.45) is 13.0 Å². The highest BCUT2D eigenvalue weighted by Gasteiger charge is 2.11. The summed E-state index contributed by atoms with van der Waals surface area (Å²) in [6.45, 7) is 4.35. The molecule has 13 heavy (non-hydrogen) atoms. The first kappa shape index (κ1) is 8.57. The molecule has 0 spiro atoms. The van der Waals surface area contributed by atoms with Crippen molar-refractivity contribution in [1.29, 1.82) is 0 Å². The Morgan fingerprint density at radius 2 is 2.38 bits per heavy atom. The Bertz CT molecular complexity index is 323. The summed E-state index contributed by atoms with van der Waals surface area (Å²) in [7, 11) is 2.09. The third-order valence-corrected chi connectivity index (χ3v) is 2.54. The quantitative estimate of drug-likeness (QED) is 0.688. The Balaban J connectivity index is 2.30. The number of rotatable bonds is 1. The van der Waals surface area contributed by atoms with Crippen LogP contribution in [-0.4, -0.2) is 17.7 Å². The zero-order valence-corrected chi connectivity index (χ0v) is 8.25. The van der Waals surface area contributed by atoms with Crippen LogP contribution in [0.3, 0.4) is 0 Å². The molecule has 0 saturated carbocycles. The van der Waals surface area contributed by atoms with Crippen molar-refractivity contribution in [2.75, 3.05) is 13.1 Å². The van der Waals surface area contributed by atoms with Crippen molar-refractivity contribution >= 4 is 5.57 Å². The number of nitrogens with one attached hydrogen (secondary N) is 1. The standard InChI is InChI=1S/C11H16N2/c1-9-6-10(8-12-7-9)11-4-3-5-13(11)2/h3-6,9,12H,7-8H2,1-2H3/t9-/m1/s1. The molecule has 1 aliphatic heterocycles. The lowest BCUT2D eigenvalue weighted by Crippen LogP contribution is -2.27. The minimum Gasteiger partial charge on any atom is -0.351 e. The van der Waals surface area contributed by atoms with Crippen molar-refractivity contribution in [2.45, 2.75) is 6.92 Å². The molecule has 2 nitrogen and oxygen atoms in total.